The van der Waals surface area contributed by atoms with E-state index in [-0.39, 0.29) is 18.2 Å². The van der Waals surface area contributed by atoms with Gasteiger partial charge in [-0.2, -0.15) is 5.10 Å². The number of rotatable bonds is 2. The molecule has 5 heteroatoms. The molecule has 5 rings (SSSR count). The molecule has 0 unspecified atom stereocenters. The van der Waals surface area contributed by atoms with Crippen molar-refractivity contribution in [1.82, 2.24) is 14.7 Å². The summed E-state index contributed by atoms with van der Waals surface area (Å²) in [5, 5.41) is 5.59. The quantitative estimate of drug-likeness (QED) is 0.567. The molecule has 0 saturated carbocycles. The highest BCUT2D eigenvalue weighted by Gasteiger charge is 2.29. The largest absolute Gasteiger partial charge is 0.341 e. The summed E-state index contributed by atoms with van der Waals surface area (Å²) in [6.45, 7) is 1.88. The zero-order chi connectivity index (χ0) is 17.0. The van der Waals surface area contributed by atoms with Crippen molar-refractivity contribution in [2.24, 2.45) is 0 Å². The van der Waals surface area contributed by atoms with E-state index in [1.54, 1.807) is 4.68 Å². The van der Waals surface area contributed by atoms with Gasteiger partial charge in [-0.05, 0) is 18.9 Å². The van der Waals surface area contributed by atoms with Gasteiger partial charge in [0.25, 0.3) is 0 Å². The molecule has 0 radical (unpaired) electrons. The lowest BCUT2D eigenvalue weighted by molar-refractivity contribution is -0.130. The number of carbonyl (C=O) groups excluding carboxylic acids is 2. The molecule has 3 aromatic rings. The first kappa shape index (κ1) is 14.4. The summed E-state index contributed by atoms with van der Waals surface area (Å²) < 4.78 is 1.75. The van der Waals surface area contributed by atoms with Gasteiger partial charge in [0.2, 0.25) is 5.91 Å². The third-order valence-electron chi connectivity index (χ3n) is 5.19. The number of nitrogens with zero attached hydrogens (tertiary/aromatic N) is 3. The minimum atomic E-state index is 0.0270. The molecule has 1 aliphatic heterocycles. The van der Waals surface area contributed by atoms with Crippen molar-refractivity contribution in [2.75, 3.05) is 13.1 Å². The van der Waals surface area contributed by atoms with Gasteiger partial charge >= 0.3 is 0 Å². The molecule has 0 atom stereocenters. The molecule has 2 aliphatic rings. The predicted molar refractivity (Wildman–Crippen MR) is 94.4 cm³/mol. The average molecular weight is 331 g/mol. The lowest BCUT2D eigenvalue weighted by Gasteiger charge is -2.15. The SMILES string of the molecule is O=C1c2ccccc2-c2nn(CC(=O)N3CCCC3)c3cccc1c23. The lowest BCUT2D eigenvalue weighted by Crippen LogP contribution is -2.31. The molecule has 0 bridgehead atoms. The highest BCUT2D eigenvalue weighted by molar-refractivity contribution is 6.25. The number of hydrogen-bond acceptors (Lipinski definition) is 3. The Morgan fingerprint density at radius 3 is 2.48 bits per heavy atom. The first-order chi connectivity index (χ1) is 12.2. The molecule has 1 saturated heterocycles. The Hall–Kier alpha value is -2.95. The molecule has 25 heavy (non-hydrogen) atoms. The van der Waals surface area contributed by atoms with Crippen LogP contribution in [-0.4, -0.2) is 39.5 Å². The fourth-order valence-corrected chi connectivity index (χ4v) is 3.95. The summed E-state index contributed by atoms with van der Waals surface area (Å²) in [5.74, 6) is 0.122. The van der Waals surface area contributed by atoms with Crippen molar-refractivity contribution in [1.29, 1.82) is 0 Å². The van der Waals surface area contributed by atoms with Crippen LogP contribution in [0.4, 0.5) is 0 Å². The fourth-order valence-electron chi connectivity index (χ4n) is 3.95. The lowest BCUT2D eigenvalue weighted by atomic mass is 9.87. The van der Waals surface area contributed by atoms with Crippen LogP contribution in [0.5, 0.6) is 0 Å². The summed E-state index contributed by atoms with van der Waals surface area (Å²) >= 11 is 0. The minimum Gasteiger partial charge on any atom is -0.341 e. The van der Waals surface area contributed by atoms with Gasteiger partial charge in [-0.3, -0.25) is 14.3 Å². The molecule has 0 N–H and O–H groups in total. The van der Waals surface area contributed by atoms with Crippen LogP contribution in [0.15, 0.2) is 42.5 Å². The average Bonchev–Trinajstić information content (AvgIpc) is 3.29. The van der Waals surface area contributed by atoms with Crippen LogP contribution < -0.4 is 0 Å². The van der Waals surface area contributed by atoms with Crippen LogP contribution in [0.3, 0.4) is 0 Å². The number of likely N-dealkylation sites (tertiary alicyclic amines) is 1. The van der Waals surface area contributed by atoms with Crippen molar-refractivity contribution in [3.8, 4) is 11.3 Å². The normalized spacial score (nSPS) is 15.7. The third-order valence-corrected chi connectivity index (χ3v) is 5.19. The fraction of sp³-hybridized carbons (Fsp3) is 0.250. The second-order valence-electron chi connectivity index (χ2n) is 6.67. The minimum absolute atomic E-state index is 0.0270. The highest BCUT2D eigenvalue weighted by atomic mass is 16.2. The smallest absolute Gasteiger partial charge is 0.244 e. The predicted octanol–water partition coefficient (Wildman–Crippen LogP) is 2.87. The molecule has 1 aromatic heterocycles. The molecule has 1 amide bonds. The van der Waals surface area contributed by atoms with Crippen molar-refractivity contribution in [3.63, 3.8) is 0 Å². The van der Waals surface area contributed by atoms with E-state index in [4.69, 9.17) is 5.10 Å². The molecular weight excluding hydrogens is 314 g/mol. The molecule has 5 nitrogen and oxygen atoms in total. The van der Waals surface area contributed by atoms with E-state index in [1.807, 2.05) is 47.4 Å². The maximum atomic E-state index is 12.8. The molecule has 2 heterocycles. The Balaban J connectivity index is 1.67. The summed E-state index contributed by atoms with van der Waals surface area (Å²) in [6.07, 6.45) is 2.14. The second kappa shape index (κ2) is 5.28. The highest BCUT2D eigenvalue weighted by Crippen LogP contribution is 2.38. The number of amides is 1. The van der Waals surface area contributed by atoms with Crippen molar-refractivity contribution < 1.29 is 9.59 Å². The van der Waals surface area contributed by atoms with E-state index in [2.05, 4.69) is 0 Å². The van der Waals surface area contributed by atoms with Gasteiger partial charge in [-0.15, -0.1) is 0 Å². The van der Waals surface area contributed by atoms with Crippen LogP contribution in [-0.2, 0) is 11.3 Å². The maximum absolute atomic E-state index is 12.8. The number of ketones is 1. The Labute approximate surface area is 144 Å². The molecule has 2 aromatic carbocycles. The summed E-state index contributed by atoms with van der Waals surface area (Å²) in [7, 11) is 0. The number of carbonyl (C=O) groups is 2. The monoisotopic (exact) mass is 331 g/mol. The summed E-state index contributed by atoms with van der Waals surface area (Å²) in [4.78, 5) is 27.3. The van der Waals surface area contributed by atoms with Gasteiger partial charge in [0.05, 0.1) is 5.52 Å². The van der Waals surface area contributed by atoms with Gasteiger partial charge < -0.3 is 4.90 Å². The van der Waals surface area contributed by atoms with E-state index >= 15 is 0 Å². The van der Waals surface area contributed by atoms with Crippen molar-refractivity contribution in [3.05, 3.63) is 53.6 Å². The third kappa shape index (κ3) is 2.05. The van der Waals surface area contributed by atoms with Gasteiger partial charge in [0, 0.05) is 35.2 Å². The molecule has 1 aliphatic carbocycles. The Bertz CT molecular complexity index is 1030. The standard InChI is InChI=1S/C20H17N3O2/c24-17(22-10-3-4-11-22)12-23-16-9-5-8-15-18(16)19(21-23)13-6-1-2-7-14(13)20(15)25/h1-2,5-9H,3-4,10-12H2. The summed E-state index contributed by atoms with van der Waals surface area (Å²) in [5.41, 5.74) is 3.85. The van der Waals surface area contributed by atoms with E-state index in [9.17, 15) is 9.59 Å². The van der Waals surface area contributed by atoms with E-state index in [1.165, 1.54) is 0 Å². The Kier molecular flexibility index (Phi) is 3.04. The van der Waals surface area contributed by atoms with Gasteiger partial charge in [-0.1, -0.05) is 36.4 Å². The number of aromatic nitrogens is 2. The number of benzene rings is 2. The molecule has 1 fully saturated rings. The van der Waals surface area contributed by atoms with E-state index < -0.39 is 0 Å². The first-order valence-corrected chi connectivity index (χ1v) is 8.65. The Morgan fingerprint density at radius 1 is 0.960 bits per heavy atom. The van der Waals surface area contributed by atoms with Gasteiger partial charge in [0.15, 0.2) is 5.78 Å². The van der Waals surface area contributed by atoms with Crippen LogP contribution in [0, 0.1) is 0 Å². The van der Waals surface area contributed by atoms with E-state index in [0.29, 0.717) is 11.1 Å². The number of fused-ring (bicyclic) bond motifs is 2. The van der Waals surface area contributed by atoms with Crippen molar-refractivity contribution in [2.45, 2.75) is 19.4 Å². The second-order valence-corrected chi connectivity index (χ2v) is 6.67. The molecule has 0 spiro atoms. The van der Waals surface area contributed by atoms with Crippen LogP contribution >= 0.6 is 0 Å². The van der Waals surface area contributed by atoms with Crippen molar-refractivity contribution >= 4 is 22.6 Å². The van der Waals surface area contributed by atoms with Gasteiger partial charge in [-0.25, -0.2) is 0 Å². The maximum Gasteiger partial charge on any atom is 0.244 e. The topological polar surface area (TPSA) is 55.2 Å². The molecular formula is C20H17N3O2. The molecule has 124 valence electrons. The number of hydrogen-bond donors (Lipinski definition) is 0. The zero-order valence-electron chi connectivity index (χ0n) is 13.7. The summed E-state index contributed by atoms with van der Waals surface area (Å²) in [6, 6.07) is 13.2. The van der Waals surface area contributed by atoms with Crippen LogP contribution in [0.25, 0.3) is 22.2 Å². The van der Waals surface area contributed by atoms with Crippen LogP contribution in [0.2, 0.25) is 0 Å². The van der Waals surface area contributed by atoms with Crippen LogP contribution in [0.1, 0.15) is 28.8 Å². The first-order valence-electron chi connectivity index (χ1n) is 8.65. The van der Waals surface area contributed by atoms with E-state index in [0.717, 1.165) is 48.1 Å². The zero-order valence-corrected chi connectivity index (χ0v) is 13.7. The van der Waals surface area contributed by atoms with Gasteiger partial charge in [0.1, 0.15) is 12.2 Å². The Morgan fingerprint density at radius 2 is 1.68 bits per heavy atom.